The van der Waals surface area contributed by atoms with Crippen LogP contribution in [0, 0.1) is 5.82 Å². The Bertz CT molecular complexity index is 590. The number of carbonyl (C=O) groups is 1. The highest BCUT2D eigenvalue weighted by molar-refractivity contribution is 7.89. The predicted octanol–water partition coefficient (Wildman–Crippen LogP) is 1.96. The van der Waals surface area contributed by atoms with Crippen LogP contribution in [0.4, 0.5) is 4.39 Å². The number of likely N-dealkylation sites (N-methyl/N-ethyl adjacent to an activating group) is 1. The van der Waals surface area contributed by atoms with E-state index in [1.807, 2.05) is 0 Å². The van der Waals surface area contributed by atoms with Crippen LogP contribution in [-0.4, -0.2) is 36.9 Å². The van der Waals surface area contributed by atoms with E-state index in [1.54, 1.807) is 6.92 Å². The van der Waals surface area contributed by atoms with Crippen molar-refractivity contribution in [3.63, 3.8) is 0 Å². The lowest BCUT2D eigenvalue weighted by Gasteiger charge is -2.23. The molecule has 0 fully saturated rings. The Morgan fingerprint density at radius 1 is 1.53 bits per heavy atom. The van der Waals surface area contributed by atoms with Crippen molar-refractivity contribution in [2.24, 2.45) is 0 Å². The second-order valence-corrected chi connectivity index (χ2v) is 6.23. The Morgan fingerprint density at radius 2 is 2.11 bits per heavy atom. The molecule has 0 aromatic heterocycles. The summed E-state index contributed by atoms with van der Waals surface area (Å²) in [4.78, 5) is 10.7. The van der Waals surface area contributed by atoms with Gasteiger partial charge >= 0.3 is 5.97 Å². The Kier molecular flexibility index (Phi) is 4.89. The fraction of sp³-hybridized carbons (Fsp3) is 0.364. The van der Waals surface area contributed by atoms with Crippen molar-refractivity contribution in [3.05, 3.63) is 29.0 Å². The highest BCUT2D eigenvalue weighted by Crippen LogP contribution is 2.26. The highest BCUT2D eigenvalue weighted by atomic mass is 35.5. The molecule has 1 unspecified atom stereocenters. The summed E-state index contributed by atoms with van der Waals surface area (Å²) < 4.78 is 38.1. The standard InChI is InChI=1S/C11H13ClFNO4S/c1-3-9(11(15)16)14(2)19(17,18)10-5-4-7(13)6-8(10)12/h4-6,9H,3H2,1-2H3,(H,15,16). The third-order valence-corrected chi connectivity index (χ3v) is 5.01. The van der Waals surface area contributed by atoms with Crippen molar-refractivity contribution in [1.82, 2.24) is 4.31 Å². The van der Waals surface area contributed by atoms with Crippen LogP contribution in [0.1, 0.15) is 13.3 Å². The minimum absolute atomic E-state index is 0.101. The molecule has 5 nitrogen and oxygen atoms in total. The zero-order valence-corrected chi connectivity index (χ0v) is 11.9. The summed E-state index contributed by atoms with van der Waals surface area (Å²) in [6.07, 6.45) is 0.101. The van der Waals surface area contributed by atoms with Crippen LogP contribution in [-0.2, 0) is 14.8 Å². The number of halogens is 2. The molecule has 106 valence electrons. The Labute approximate surface area is 115 Å². The first-order valence-corrected chi connectivity index (χ1v) is 7.19. The van der Waals surface area contributed by atoms with Crippen LogP contribution in [0.3, 0.4) is 0 Å². The number of hydrogen-bond acceptors (Lipinski definition) is 3. The van der Waals surface area contributed by atoms with E-state index in [9.17, 15) is 17.6 Å². The van der Waals surface area contributed by atoms with Crippen molar-refractivity contribution in [2.75, 3.05) is 7.05 Å². The molecule has 0 aliphatic heterocycles. The molecular weight excluding hydrogens is 297 g/mol. The monoisotopic (exact) mass is 309 g/mol. The van der Waals surface area contributed by atoms with E-state index in [-0.39, 0.29) is 16.3 Å². The van der Waals surface area contributed by atoms with Crippen LogP contribution < -0.4 is 0 Å². The lowest BCUT2D eigenvalue weighted by molar-refractivity contribution is -0.141. The second-order valence-electron chi connectivity index (χ2n) is 3.86. The summed E-state index contributed by atoms with van der Waals surface area (Å²) in [6, 6.07) is 1.63. The van der Waals surface area contributed by atoms with Gasteiger partial charge in [-0.1, -0.05) is 18.5 Å². The summed E-state index contributed by atoms with van der Waals surface area (Å²) in [5.41, 5.74) is 0. The number of rotatable bonds is 5. The molecule has 0 saturated heterocycles. The molecule has 0 bridgehead atoms. The molecule has 19 heavy (non-hydrogen) atoms. The van der Waals surface area contributed by atoms with Gasteiger partial charge in [-0.05, 0) is 24.6 Å². The quantitative estimate of drug-likeness (QED) is 0.902. The fourth-order valence-corrected chi connectivity index (χ4v) is 3.48. The van der Waals surface area contributed by atoms with E-state index in [0.717, 1.165) is 25.2 Å². The molecule has 1 aromatic carbocycles. The largest absolute Gasteiger partial charge is 0.480 e. The van der Waals surface area contributed by atoms with Gasteiger partial charge in [-0.2, -0.15) is 4.31 Å². The summed E-state index contributed by atoms with van der Waals surface area (Å²) in [5, 5.41) is 8.68. The van der Waals surface area contributed by atoms with Crippen LogP contribution in [0.25, 0.3) is 0 Å². The number of carboxylic acid groups (broad SMARTS) is 1. The molecule has 0 saturated carbocycles. The molecule has 1 aromatic rings. The second kappa shape index (κ2) is 5.85. The molecule has 0 spiro atoms. The van der Waals surface area contributed by atoms with Gasteiger partial charge < -0.3 is 5.11 Å². The van der Waals surface area contributed by atoms with E-state index in [2.05, 4.69) is 0 Å². The molecule has 0 amide bonds. The van der Waals surface area contributed by atoms with Crippen LogP contribution in [0.15, 0.2) is 23.1 Å². The van der Waals surface area contributed by atoms with Gasteiger partial charge in [0.15, 0.2) is 0 Å². The third-order valence-electron chi connectivity index (χ3n) is 2.66. The molecule has 0 heterocycles. The van der Waals surface area contributed by atoms with Crippen LogP contribution >= 0.6 is 11.6 Å². The summed E-state index contributed by atoms with van der Waals surface area (Å²) >= 11 is 5.69. The van der Waals surface area contributed by atoms with Gasteiger partial charge in [0.05, 0.1) is 5.02 Å². The van der Waals surface area contributed by atoms with Crippen molar-refractivity contribution in [2.45, 2.75) is 24.3 Å². The zero-order chi connectivity index (χ0) is 14.8. The number of nitrogens with zero attached hydrogens (tertiary/aromatic N) is 1. The number of aliphatic carboxylic acids is 1. The average Bonchev–Trinajstić information content (AvgIpc) is 2.28. The molecule has 0 aliphatic rings. The summed E-state index contributed by atoms with van der Waals surface area (Å²) in [6.45, 7) is 1.55. The van der Waals surface area contributed by atoms with Gasteiger partial charge in [-0.25, -0.2) is 12.8 Å². The first-order chi connectivity index (χ1) is 8.71. The maximum atomic E-state index is 12.9. The topological polar surface area (TPSA) is 74.7 Å². The van der Waals surface area contributed by atoms with Crippen molar-refractivity contribution in [1.29, 1.82) is 0 Å². The Hall–Kier alpha value is -1.18. The van der Waals surface area contributed by atoms with Crippen LogP contribution in [0.5, 0.6) is 0 Å². The summed E-state index contributed by atoms with van der Waals surface area (Å²) in [5.74, 6) is -1.93. The number of sulfonamides is 1. The molecule has 1 rings (SSSR count). The lowest BCUT2D eigenvalue weighted by atomic mass is 10.2. The SMILES string of the molecule is CCC(C(=O)O)N(C)S(=O)(=O)c1ccc(F)cc1Cl. The predicted molar refractivity (Wildman–Crippen MR) is 68.1 cm³/mol. The van der Waals surface area contributed by atoms with E-state index >= 15 is 0 Å². The van der Waals surface area contributed by atoms with Gasteiger partial charge in [-0.15, -0.1) is 0 Å². The minimum atomic E-state index is -4.09. The van der Waals surface area contributed by atoms with Crippen molar-refractivity contribution >= 4 is 27.6 Å². The summed E-state index contributed by atoms with van der Waals surface area (Å²) in [7, 11) is -2.94. The van der Waals surface area contributed by atoms with Crippen molar-refractivity contribution < 1.29 is 22.7 Å². The first-order valence-electron chi connectivity index (χ1n) is 5.37. The third kappa shape index (κ3) is 3.23. The zero-order valence-electron chi connectivity index (χ0n) is 10.3. The molecule has 0 radical (unpaired) electrons. The number of carboxylic acids is 1. The Balaban J connectivity index is 3.27. The fourth-order valence-electron chi connectivity index (χ4n) is 1.59. The average molecular weight is 310 g/mol. The maximum absolute atomic E-state index is 12.9. The van der Waals surface area contributed by atoms with Gasteiger partial charge in [0.1, 0.15) is 16.8 Å². The van der Waals surface area contributed by atoms with Gasteiger partial charge in [0.2, 0.25) is 10.0 Å². The van der Waals surface area contributed by atoms with Gasteiger partial charge in [-0.3, -0.25) is 4.79 Å². The van der Waals surface area contributed by atoms with Gasteiger partial charge in [0, 0.05) is 7.05 Å². The Morgan fingerprint density at radius 3 is 2.53 bits per heavy atom. The maximum Gasteiger partial charge on any atom is 0.321 e. The lowest BCUT2D eigenvalue weighted by Crippen LogP contribution is -2.41. The smallest absolute Gasteiger partial charge is 0.321 e. The first kappa shape index (κ1) is 15.9. The highest BCUT2D eigenvalue weighted by Gasteiger charge is 2.32. The van der Waals surface area contributed by atoms with Gasteiger partial charge in [0.25, 0.3) is 0 Å². The van der Waals surface area contributed by atoms with E-state index < -0.39 is 27.9 Å². The molecule has 1 N–H and O–H groups in total. The number of hydrogen-bond donors (Lipinski definition) is 1. The van der Waals surface area contributed by atoms with Crippen LogP contribution in [0.2, 0.25) is 5.02 Å². The van der Waals surface area contributed by atoms with Crippen molar-refractivity contribution in [3.8, 4) is 0 Å². The molecule has 1 atom stereocenters. The molecule has 8 heteroatoms. The van der Waals surface area contributed by atoms with E-state index in [0.29, 0.717) is 4.31 Å². The molecule has 0 aliphatic carbocycles. The molecular formula is C11H13ClFNO4S. The van der Waals surface area contributed by atoms with E-state index in [4.69, 9.17) is 16.7 Å². The minimum Gasteiger partial charge on any atom is -0.480 e. The number of benzene rings is 1. The normalized spacial score (nSPS) is 13.5. The van der Waals surface area contributed by atoms with E-state index in [1.165, 1.54) is 0 Å².